The molecule has 18 heavy (non-hydrogen) atoms. The molecular formula is C11H11BrF3NO2. The molecule has 100 valence electrons. The molecule has 1 atom stereocenters. The molecule has 0 aliphatic heterocycles. The van der Waals surface area contributed by atoms with Gasteiger partial charge in [-0.05, 0) is 13.0 Å². The number of benzene rings is 1. The normalized spacial score (nSPS) is 15.0. The van der Waals surface area contributed by atoms with Crippen LogP contribution < -0.4 is 5.73 Å². The lowest BCUT2D eigenvalue weighted by molar-refractivity contribution is -0.202. The van der Waals surface area contributed by atoms with E-state index in [2.05, 4.69) is 20.7 Å². The Morgan fingerprint density at radius 3 is 2.44 bits per heavy atom. The van der Waals surface area contributed by atoms with Gasteiger partial charge >= 0.3 is 12.1 Å². The molecule has 0 saturated carbocycles. The molecule has 0 radical (unpaired) electrons. The van der Waals surface area contributed by atoms with Gasteiger partial charge in [0.1, 0.15) is 6.61 Å². The summed E-state index contributed by atoms with van der Waals surface area (Å²) in [5.74, 6) is -1.51. The largest absolute Gasteiger partial charge is 0.459 e. The number of carbonyl (C=O) groups is 1. The maximum Gasteiger partial charge on any atom is 0.416 e. The van der Waals surface area contributed by atoms with Crippen LogP contribution in [0.3, 0.4) is 0 Å². The van der Waals surface area contributed by atoms with Gasteiger partial charge in [0, 0.05) is 10.0 Å². The molecule has 0 amide bonds. The van der Waals surface area contributed by atoms with Crippen molar-refractivity contribution in [2.45, 2.75) is 25.2 Å². The maximum atomic E-state index is 12.5. The second-order valence-corrected chi connectivity index (χ2v) is 4.72. The van der Waals surface area contributed by atoms with Crippen LogP contribution in [0.2, 0.25) is 0 Å². The highest BCUT2D eigenvalue weighted by Crippen LogP contribution is 2.29. The Balaban J connectivity index is 2.71. The number of hydrogen-bond donors (Lipinski definition) is 1. The zero-order valence-corrected chi connectivity index (χ0v) is 11.0. The number of alkyl halides is 3. The van der Waals surface area contributed by atoms with E-state index in [1.165, 1.54) is 0 Å². The Bertz CT molecular complexity index is 446. The molecule has 7 heteroatoms. The van der Waals surface area contributed by atoms with Crippen LogP contribution in [0, 0.1) is 0 Å². The van der Waals surface area contributed by atoms with Gasteiger partial charge in [0.25, 0.3) is 0 Å². The van der Waals surface area contributed by atoms with E-state index < -0.39 is 17.7 Å². The summed E-state index contributed by atoms with van der Waals surface area (Å²) in [5, 5.41) is 0. The fourth-order valence-electron chi connectivity index (χ4n) is 1.02. The molecule has 0 aliphatic carbocycles. The first-order chi connectivity index (χ1) is 8.16. The number of carbonyl (C=O) groups excluding carboxylic acids is 1. The highest BCUT2D eigenvalue weighted by atomic mass is 79.9. The number of nitrogens with two attached hydrogens (primary N) is 1. The molecule has 1 aromatic carbocycles. The molecule has 0 saturated heterocycles. The second-order valence-electron chi connectivity index (χ2n) is 3.87. The van der Waals surface area contributed by atoms with Crippen molar-refractivity contribution in [2.24, 2.45) is 5.73 Å². The summed E-state index contributed by atoms with van der Waals surface area (Å²) < 4.78 is 42.6. The van der Waals surface area contributed by atoms with E-state index in [9.17, 15) is 18.0 Å². The van der Waals surface area contributed by atoms with Crippen molar-refractivity contribution < 1.29 is 22.7 Å². The van der Waals surface area contributed by atoms with Crippen molar-refractivity contribution in [1.82, 2.24) is 0 Å². The molecule has 1 aromatic rings. The van der Waals surface area contributed by atoms with Crippen LogP contribution in [-0.2, 0) is 16.1 Å². The Labute approximate surface area is 110 Å². The number of halogens is 4. The molecule has 0 heterocycles. The van der Waals surface area contributed by atoms with Gasteiger partial charge in [-0.3, -0.25) is 0 Å². The van der Waals surface area contributed by atoms with Crippen LogP contribution in [0.15, 0.2) is 28.7 Å². The Hall–Kier alpha value is -1.08. The summed E-state index contributed by atoms with van der Waals surface area (Å²) in [4.78, 5) is 11.3. The van der Waals surface area contributed by atoms with Gasteiger partial charge in [-0.25, -0.2) is 4.79 Å². The van der Waals surface area contributed by atoms with Crippen molar-refractivity contribution in [3.8, 4) is 0 Å². The monoisotopic (exact) mass is 325 g/mol. The van der Waals surface area contributed by atoms with Crippen LogP contribution in [0.25, 0.3) is 0 Å². The summed E-state index contributed by atoms with van der Waals surface area (Å²) in [5.41, 5.74) is 2.48. The third kappa shape index (κ3) is 3.23. The highest BCUT2D eigenvalue weighted by molar-refractivity contribution is 9.10. The van der Waals surface area contributed by atoms with Gasteiger partial charge in [-0.1, -0.05) is 34.1 Å². The molecule has 1 rings (SSSR count). The van der Waals surface area contributed by atoms with Crippen LogP contribution >= 0.6 is 15.9 Å². The van der Waals surface area contributed by atoms with Crippen molar-refractivity contribution in [3.63, 3.8) is 0 Å². The van der Waals surface area contributed by atoms with Crippen LogP contribution in [0.5, 0.6) is 0 Å². The van der Waals surface area contributed by atoms with E-state index in [1.807, 2.05) is 0 Å². The summed E-state index contributed by atoms with van der Waals surface area (Å²) in [6.45, 7) is 0.304. The highest BCUT2D eigenvalue weighted by Gasteiger charge is 2.55. The molecule has 1 unspecified atom stereocenters. The molecule has 0 spiro atoms. The lowest BCUT2D eigenvalue weighted by atomic mass is 10.0. The molecule has 3 nitrogen and oxygen atoms in total. The number of esters is 1. The average molecular weight is 326 g/mol. The zero-order valence-electron chi connectivity index (χ0n) is 9.42. The van der Waals surface area contributed by atoms with Gasteiger partial charge in [0.15, 0.2) is 0 Å². The third-order valence-corrected chi connectivity index (χ3v) is 3.10. The minimum atomic E-state index is -4.85. The molecule has 0 aliphatic rings. The van der Waals surface area contributed by atoms with E-state index in [0.717, 1.165) is 0 Å². The van der Waals surface area contributed by atoms with E-state index in [4.69, 9.17) is 5.73 Å². The molecule has 0 bridgehead atoms. The maximum absolute atomic E-state index is 12.5. The molecule has 2 N–H and O–H groups in total. The second kappa shape index (κ2) is 5.27. The SMILES string of the molecule is CC(N)(C(=O)OCc1ccccc1Br)C(F)(F)F. The summed E-state index contributed by atoms with van der Waals surface area (Å²) in [7, 11) is 0. The number of rotatable bonds is 3. The molecular weight excluding hydrogens is 315 g/mol. The van der Waals surface area contributed by atoms with Gasteiger partial charge < -0.3 is 10.5 Å². The third-order valence-electron chi connectivity index (χ3n) is 2.33. The van der Waals surface area contributed by atoms with Crippen molar-refractivity contribution in [3.05, 3.63) is 34.3 Å². The Morgan fingerprint density at radius 2 is 1.94 bits per heavy atom. The van der Waals surface area contributed by atoms with E-state index in [-0.39, 0.29) is 6.61 Å². The Morgan fingerprint density at radius 1 is 1.39 bits per heavy atom. The molecule has 0 aromatic heterocycles. The van der Waals surface area contributed by atoms with Crippen molar-refractivity contribution in [2.75, 3.05) is 0 Å². The van der Waals surface area contributed by atoms with Crippen LogP contribution in [0.1, 0.15) is 12.5 Å². The smallest absolute Gasteiger partial charge is 0.416 e. The lowest BCUT2D eigenvalue weighted by Gasteiger charge is -2.25. The summed E-state index contributed by atoms with van der Waals surface area (Å²) in [6.07, 6.45) is -4.85. The minimum absolute atomic E-state index is 0.275. The summed E-state index contributed by atoms with van der Waals surface area (Å²) in [6, 6.07) is 6.73. The lowest BCUT2D eigenvalue weighted by Crippen LogP contribution is -2.57. The summed E-state index contributed by atoms with van der Waals surface area (Å²) >= 11 is 3.19. The van der Waals surface area contributed by atoms with E-state index in [0.29, 0.717) is 17.0 Å². The average Bonchev–Trinajstić information content (AvgIpc) is 2.26. The van der Waals surface area contributed by atoms with Crippen molar-refractivity contribution in [1.29, 1.82) is 0 Å². The Kier molecular flexibility index (Phi) is 4.39. The van der Waals surface area contributed by atoms with E-state index in [1.54, 1.807) is 24.3 Å². The zero-order chi connectivity index (χ0) is 14.0. The van der Waals surface area contributed by atoms with Crippen LogP contribution in [-0.4, -0.2) is 17.7 Å². The van der Waals surface area contributed by atoms with Gasteiger partial charge in [0.05, 0.1) is 0 Å². The van der Waals surface area contributed by atoms with E-state index >= 15 is 0 Å². The van der Waals surface area contributed by atoms with Crippen LogP contribution in [0.4, 0.5) is 13.2 Å². The molecule has 0 fully saturated rings. The quantitative estimate of drug-likeness (QED) is 0.869. The van der Waals surface area contributed by atoms with Crippen molar-refractivity contribution >= 4 is 21.9 Å². The topological polar surface area (TPSA) is 52.3 Å². The standard InChI is InChI=1S/C11H11BrF3NO2/c1-10(16,11(13,14)15)9(17)18-6-7-4-2-3-5-8(7)12/h2-5H,6,16H2,1H3. The fourth-order valence-corrected chi connectivity index (χ4v) is 1.42. The fraction of sp³-hybridized carbons (Fsp3) is 0.364. The predicted molar refractivity (Wildman–Crippen MR) is 62.6 cm³/mol. The minimum Gasteiger partial charge on any atom is -0.459 e. The van der Waals surface area contributed by atoms with Gasteiger partial charge in [-0.15, -0.1) is 0 Å². The predicted octanol–water partition coefficient (Wildman–Crippen LogP) is 2.77. The van der Waals surface area contributed by atoms with Gasteiger partial charge in [-0.2, -0.15) is 13.2 Å². The first kappa shape index (κ1) is 15.0. The number of hydrogen-bond acceptors (Lipinski definition) is 3. The first-order valence-corrected chi connectivity index (χ1v) is 5.72. The van der Waals surface area contributed by atoms with Gasteiger partial charge in [0.2, 0.25) is 5.54 Å². The number of ether oxygens (including phenoxy) is 1. The first-order valence-electron chi connectivity index (χ1n) is 4.92.